The number of ketones is 1. The Morgan fingerprint density at radius 2 is 0.841 bits per heavy atom. The van der Waals surface area contributed by atoms with Gasteiger partial charge in [-0.2, -0.15) is 0 Å². The Kier molecular flexibility index (Phi) is 41.8. The maximum atomic E-state index is 13.6. The summed E-state index contributed by atoms with van der Waals surface area (Å²) in [5, 5.41) is 17.3. The SMILES string of the molecule is CCCCCC(=O)NC(Cc1ccc(OC(=O)C(N)C(C)C)cc1)C(=O)NC(C(=O)NCCCCCC(C)=O)C(C)CC.CCCCCC(=O)NC(Cc1ccc(OC(=O)C(N)CCCCC)cc1)C(=O)NC(C(=O)NCCCCCC(N)=O)C(C)CC. The average molecular weight is 1230 g/mol. The molecule has 0 heterocycles. The van der Waals surface area contributed by atoms with E-state index in [0.29, 0.717) is 88.8 Å². The summed E-state index contributed by atoms with van der Waals surface area (Å²) in [5.41, 5.74) is 18.5. The number of amides is 7. The Hall–Kier alpha value is -6.74. The first kappa shape index (κ1) is 79.3. The number of ether oxygens (including phenoxy) is 2. The zero-order chi connectivity index (χ0) is 66.0. The van der Waals surface area contributed by atoms with Crippen LogP contribution in [0, 0.1) is 17.8 Å². The highest BCUT2D eigenvalue weighted by Gasteiger charge is 2.32. The van der Waals surface area contributed by atoms with Gasteiger partial charge in [-0.05, 0) is 105 Å². The van der Waals surface area contributed by atoms with Gasteiger partial charge in [-0.3, -0.25) is 33.6 Å². The molecule has 0 aromatic heterocycles. The maximum Gasteiger partial charge on any atom is 0.328 e. The largest absolute Gasteiger partial charge is 0.425 e. The number of hydrogen-bond donors (Lipinski definition) is 9. The molecule has 21 nitrogen and oxygen atoms in total. The van der Waals surface area contributed by atoms with E-state index in [9.17, 15) is 47.9 Å². The molecule has 0 aliphatic heterocycles. The predicted molar refractivity (Wildman–Crippen MR) is 344 cm³/mol. The van der Waals surface area contributed by atoms with Crippen molar-refractivity contribution in [2.24, 2.45) is 35.0 Å². The highest BCUT2D eigenvalue weighted by molar-refractivity contribution is 5.93. The highest BCUT2D eigenvalue weighted by Crippen LogP contribution is 2.19. The Labute approximate surface area is 525 Å². The summed E-state index contributed by atoms with van der Waals surface area (Å²) < 4.78 is 10.8. The molecule has 0 radical (unpaired) electrons. The molecule has 7 amide bonds. The average Bonchev–Trinajstić information content (AvgIpc) is 2.18. The van der Waals surface area contributed by atoms with Crippen molar-refractivity contribution in [3.63, 3.8) is 0 Å². The number of hydrogen-bond acceptors (Lipinski definition) is 14. The van der Waals surface area contributed by atoms with E-state index in [1.807, 2.05) is 41.5 Å². The highest BCUT2D eigenvalue weighted by atomic mass is 16.5. The zero-order valence-corrected chi connectivity index (χ0v) is 54.8. The number of rotatable bonds is 45. The van der Waals surface area contributed by atoms with E-state index in [1.165, 1.54) is 0 Å². The number of primary amides is 1. The molecule has 12 N–H and O–H groups in total. The van der Waals surface area contributed by atoms with Crippen LogP contribution < -0.4 is 58.6 Å². The summed E-state index contributed by atoms with van der Waals surface area (Å²) in [5.74, 6) is -2.77. The van der Waals surface area contributed by atoms with Gasteiger partial charge >= 0.3 is 11.9 Å². The molecule has 2 aromatic rings. The molecule has 0 aliphatic carbocycles. The molecular formula is C67H111N9O12. The van der Waals surface area contributed by atoms with Crippen LogP contribution in [0.1, 0.15) is 222 Å². The molecule has 0 bridgehead atoms. The number of Topliss-reactive ketones (excluding diaryl/α,β-unsaturated/α-hetero) is 1. The molecule has 21 heteroatoms. The van der Waals surface area contributed by atoms with Crippen molar-refractivity contribution < 1.29 is 57.4 Å². The van der Waals surface area contributed by atoms with E-state index >= 15 is 0 Å². The van der Waals surface area contributed by atoms with Gasteiger partial charge in [-0.1, -0.05) is 157 Å². The normalized spacial score (nSPS) is 13.7. The van der Waals surface area contributed by atoms with E-state index in [4.69, 9.17) is 26.7 Å². The number of carbonyl (C=O) groups excluding carboxylic acids is 10. The summed E-state index contributed by atoms with van der Waals surface area (Å²) >= 11 is 0. The summed E-state index contributed by atoms with van der Waals surface area (Å²) in [4.78, 5) is 125. The lowest BCUT2D eigenvalue weighted by Gasteiger charge is -2.27. The standard InChI is InChI=1S/C34H57N5O6.C33H54N4O6/c1-5-8-11-15-27(35)34(44)45-26-20-18-25(19-21-26)23-28(38-30(41)17-12-9-6-2)32(42)39-31(24(4)7-3)33(43)37-22-14-10-13-16-29(36)40;1-7-9-11-15-28(39)36-27(21-25-16-18-26(19-17-25)43-33(42)29(34)22(3)4)31(40)37-30(23(5)8-2)32(41)35-20-13-10-12-14-24(6)38/h18-21,24,27-28,31H,5-17,22-23,35H2,1-4H3,(H2,36,40)(H,37,43)(H,38,41)(H,39,42);16-19,22-23,27,29-30H,7-15,20-21,34H2,1-6H3,(H,35,41)(H,36,39)(H,37,40). The maximum absolute atomic E-state index is 13.6. The topological polar surface area (TPSA) is 339 Å². The molecule has 8 unspecified atom stereocenters. The number of esters is 2. The minimum Gasteiger partial charge on any atom is -0.425 e. The van der Waals surface area contributed by atoms with E-state index in [-0.39, 0.29) is 65.9 Å². The van der Waals surface area contributed by atoms with Gasteiger partial charge < -0.3 is 63.4 Å². The molecule has 2 aromatic carbocycles. The third-order valence-corrected chi connectivity index (χ3v) is 15.4. The van der Waals surface area contributed by atoms with Crippen molar-refractivity contribution in [2.75, 3.05) is 13.1 Å². The van der Waals surface area contributed by atoms with Gasteiger partial charge in [-0.15, -0.1) is 0 Å². The Balaban J connectivity index is 0.000000881. The molecule has 0 aliphatic rings. The fraction of sp³-hybridized carbons (Fsp3) is 0.672. The van der Waals surface area contributed by atoms with Gasteiger partial charge in [0.1, 0.15) is 53.5 Å². The summed E-state index contributed by atoms with van der Waals surface area (Å²) in [7, 11) is 0. The summed E-state index contributed by atoms with van der Waals surface area (Å²) in [6, 6.07) is 8.71. The number of unbranched alkanes of at least 4 members (excludes halogenated alkanes) is 10. The lowest BCUT2D eigenvalue weighted by atomic mass is 9.97. The third-order valence-electron chi connectivity index (χ3n) is 15.4. The quantitative estimate of drug-likeness (QED) is 0.0174. The smallest absolute Gasteiger partial charge is 0.328 e. The Bertz CT molecular complexity index is 2400. The van der Waals surface area contributed by atoms with Crippen LogP contribution in [0.3, 0.4) is 0 Å². The lowest BCUT2D eigenvalue weighted by Crippen LogP contribution is -2.56. The van der Waals surface area contributed by atoms with E-state index < -0.39 is 60.0 Å². The van der Waals surface area contributed by atoms with Gasteiger partial charge in [-0.25, -0.2) is 9.59 Å². The second-order valence-electron chi connectivity index (χ2n) is 23.7. The van der Waals surface area contributed by atoms with Gasteiger partial charge in [0, 0.05) is 51.6 Å². The molecular weight excluding hydrogens is 1120 g/mol. The first-order valence-electron chi connectivity index (χ1n) is 32.6. The van der Waals surface area contributed by atoms with Crippen molar-refractivity contribution in [3.8, 4) is 11.5 Å². The van der Waals surface area contributed by atoms with Gasteiger partial charge in [0.25, 0.3) is 0 Å². The Morgan fingerprint density at radius 1 is 0.455 bits per heavy atom. The summed E-state index contributed by atoms with van der Waals surface area (Å²) in [6.45, 7) is 20.0. The van der Waals surface area contributed by atoms with Gasteiger partial charge in [0.15, 0.2) is 0 Å². The van der Waals surface area contributed by atoms with Crippen molar-refractivity contribution in [3.05, 3.63) is 59.7 Å². The van der Waals surface area contributed by atoms with Crippen LogP contribution in [-0.2, 0) is 60.8 Å². The monoisotopic (exact) mass is 1230 g/mol. The number of carbonyl (C=O) groups is 10. The van der Waals surface area contributed by atoms with E-state index in [2.05, 4.69) is 52.7 Å². The molecule has 8 atom stereocenters. The minimum atomic E-state index is -0.910. The van der Waals surface area contributed by atoms with Crippen LogP contribution in [0.5, 0.6) is 11.5 Å². The zero-order valence-electron chi connectivity index (χ0n) is 54.8. The van der Waals surface area contributed by atoms with Crippen LogP contribution in [0.15, 0.2) is 48.5 Å². The minimum absolute atomic E-state index is 0.0638. The third kappa shape index (κ3) is 34.7. The van der Waals surface area contributed by atoms with E-state index in [1.54, 1.807) is 55.5 Å². The van der Waals surface area contributed by atoms with Crippen LogP contribution >= 0.6 is 0 Å². The molecule has 496 valence electrons. The second kappa shape index (κ2) is 46.4. The van der Waals surface area contributed by atoms with Crippen LogP contribution in [0.25, 0.3) is 0 Å². The summed E-state index contributed by atoms with van der Waals surface area (Å²) in [6.07, 6.45) is 16.3. The van der Waals surface area contributed by atoms with Crippen LogP contribution in [-0.4, -0.2) is 108 Å². The Morgan fingerprint density at radius 3 is 1.22 bits per heavy atom. The molecule has 0 saturated carbocycles. The lowest BCUT2D eigenvalue weighted by molar-refractivity contribution is -0.137. The molecule has 0 saturated heterocycles. The first-order chi connectivity index (χ1) is 41.9. The number of benzene rings is 2. The molecule has 88 heavy (non-hydrogen) atoms. The number of nitrogens with one attached hydrogen (secondary N) is 6. The fourth-order valence-electron chi connectivity index (χ4n) is 9.09. The van der Waals surface area contributed by atoms with Crippen molar-refractivity contribution in [2.45, 2.75) is 260 Å². The molecule has 0 fully saturated rings. The van der Waals surface area contributed by atoms with Crippen molar-refractivity contribution in [1.82, 2.24) is 31.9 Å². The van der Waals surface area contributed by atoms with Crippen molar-refractivity contribution >= 4 is 59.1 Å². The van der Waals surface area contributed by atoms with Crippen LogP contribution in [0.4, 0.5) is 0 Å². The van der Waals surface area contributed by atoms with Gasteiger partial charge in [0.2, 0.25) is 41.4 Å². The van der Waals surface area contributed by atoms with E-state index in [0.717, 1.165) is 88.2 Å². The second-order valence-corrected chi connectivity index (χ2v) is 23.7. The van der Waals surface area contributed by atoms with Crippen LogP contribution in [0.2, 0.25) is 0 Å². The number of nitrogens with two attached hydrogens (primary N) is 3. The molecule has 2 rings (SSSR count). The molecule has 0 spiro atoms. The predicted octanol–water partition coefficient (Wildman–Crippen LogP) is 7.78. The van der Waals surface area contributed by atoms with Gasteiger partial charge in [0.05, 0.1) is 0 Å². The van der Waals surface area contributed by atoms with Crippen molar-refractivity contribution in [1.29, 1.82) is 0 Å². The first-order valence-corrected chi connectivity index (χ1v) is 32.6. The fourth-order valence-corrected chi connectivity index (χ4v) is 9.09.